The molecule has 1 heterocycles. The summed E-state index contributed by atoms with van der Waals surface area (Å²) in [6.45, 7) is 2.52. The molecule has 1 aromatic carbocycles. The van der Waals surface area contributed by atoms with Crippen LogP contribution in [0.15, 0.2) is 29.3 Å². The van der Waals surface area contributed by atoms with Crippen LogP contribution in [-0.4, -0.2) is 56.6 Å². The molecule has 1 aliphatic carbocycles. The van der Waals surface area contributed by atoms with Crippen LogP contribution in [0.2, 0.25) is 0 Å². The van der Waals surface area contributed by atoms with Crippen molar-refractivity contribution in [3.05, 3.63) is 29.8 Å². The molecule has 2 aliphatic rings. The fourth-order valence-electron chi connectivity index (χ4n) is 4.37. The average molecular weight is 528 g/mol. The molecule has 0 radical (unpaired) electrons. The molecule has 168 valence electrons. The Morgan fingerprint density at radius 3 is 2.57 bits per heavy atom. The van der Waals surface area contributed by atoms with E-state index < -0.39 is 0 Å². The van der Waals surface area contributed by atoms with Gasteiger partial charge in [-0.2, -0.15) is 0 Å². The second kappa shape index (κ2) is 13.0. The Morgan fingerprint density at radius 1 is 1.17 bits per heavy atom. The maximum absolute atomic E-state index is 12.7. The number of nitrogens with one attached hydrogen (secondary N) is 2. The molecule has 30 heavy (non-hydrogen) atoms. The number of amides is 1. The number of halogens is 1. The first-order valence-corrected chi connectivity index (χ1v) is 11.1. The van der Waals surface area contributed by atoms with Crippen molar-refractivity contribution in [1.29, 1.82) is 0 Å². The van der Waals surface area contributed by atoms with Crippen molar-refractivity contribution in [3.8, 4) is 5.75 Å². The molecular formula is C23H37IN4O2. The first-order valence-electron chi connectivity index (χ1n) is 11.1. The summed E-state index contributed by atoms with van der Waals surface area (Å²) >= 11 is 0. The highest BCUT2D eigenvalue weighted by atomic mass is 127. The van der Waals surface area contributed by atoms with Gasteiger partial charge in [0, 0.05) is 38.6 Å². The van der Waals surface area contributed by atoms with Crippen molar-refractivity contribution in [2.45, 2.75) is 57.4 Å². The molecule has 1 aromatic rings. The number of ether oxygens (including phenoxy) is 1. The topological polar surface area (TPSA) is 66.0 Å². The van der Waals surface area contributed by atoms with Crippen molar-refractivity contribution in [2.75, 3.05) is 33.8 Å². The van der Waals surface area contributed by atoms with Crippen LogP contribution in [0, 0.1) is 5.92 Å². The quantitative estimate of drug-likeness (QED) is 0.246. The number of carbonyl (C=O) groups is 1. The molecule has 7 heteroatoms. The summed E-state index contributed by atoms with van der Waals surface area (Å²) in [6.07, 6.45) is 8.89. The standard InChI is InChI=1S/C23H36N4O2.HI/c1-24-23(25-15-6-7-18-10-12-21(29-2)13-11-18)26-20-14-16-27(17-20)22(28)19-8-4-3-5-9-19;/h10-13,19-20H,3-9,14-17H2,1-2H3,(H2,24,25,26);1H. The Bertz CT molecular complexity index is 674. The van der Waals surface area contributed by atoms with Crippen LogP contribution in [-0.2, 0) is 11.2 Å². The normalized spacial score (nSPS) is 19.9. The number of carbonyl (C=O) groups excluding carboxylic acids is 1. The van der Waals surface area contributed by atoms with Gasteiger partial charge in [-0.1, -0.05) is 31.4 Å². The third-order valence-corrected chi connectivity index (χ3v) is 6.11. The van der Waals surface area contributed by atoms with Gasteiger partial charge in [0.25, 0.3) is 0 Å². The van der Waals surface area contributed by atoms with Gasteiger partial charge >= 0.3 is 0 Å². The van der Waals surface area contributed by atoms with Crippen LogP contribution in [0.4, 0.5) is 0 Å². The molecule has 1 unspecified atom stereocenters. The van der Waals surface area contributed by atoms with Gasteiger partial charge in [0.15, 0.2) is 5.96 Å². The minimum absolute atomic E-state index is 0. The van der Waals surface area contributed by atoms with Crippen LogP contribution >= 0.6 is 24.0 Å². The van der Waals surface area contributed by atoms with Crippen LogP contribution in [0.5, 0.6) is 5.75 Å². The van der Waals surface area contributed by atoms with Gasteiger partial charge in [-0.05, 0) is 49.8 Å². The Hall–Kier alpha value is -1.51. The molecule has 1 atom stereocenters. The van der Waals surface area contributed by atoms with Gasteiger partial charge in [-0.3, -0.25) is 9.79 Å². The predicted octanol–water partition coefficient (Wildman–Crippen LogP) is 3.59. The molecule has 0 bridgehead atoms. The van der Waals surface area contributed by atoms with E-state index >= 15 is 0 Å². The molecule has 1 amide bonds. The number of rotatable bonds is 7. The van der Waals surface area contributed by atoms with E-state index in [0.717, 1.165) is 63.4 Å². The molecule has 2 fully saturated rings. The first kappa shape index (κ1) is 24.8. The van der Waals surface area contributed by atoms with E-state index in [1.807, 2.05) is 12.1 Å². The summed E-state index contributed by atoms with van der Waals surface area (Å²) in [4.78, 5) is 19.1. The minimum atomic E-state index is 0. The second-order valence-electron chi connectivity index (χ2n) is 8.20. The van der Waals surface area contributed by atoms with Gasteiger partial charge in [0.1, 0.15) is 5.75 Å². The van der Waals surface area contributed by atoms with E-state index in [9.17, 15) is 4.79 Å². The van der Waals surface area contributed by atoms with Gasteiger partial charge in [-0.15, -0.1) is 24.0 Å². The maximum atomic E-state index is 12.7. The molecule has 2 N–H and O–H groups in total. The number of methoxy groups -OCH3 is 1. The Kier molecular flexibility index (Phi) is 10.7. The molecule has 0 spiro atoms. The van der Waals surface area contributed by atoms with Crippen molar-refractivity contribution in [1.82, 2.24) is 15.5 Å². The van der Waals surface area contributed by atoms with Crippen LogP contribution in [0.1, 0.15) is 50.5 Å². The number of hydrogen-bond donors (Lipinski definition) is 2. The number of likely N-dealkylation sites (tertiary alicyclic amines) is 1. The smallest absolute Gasteiger partial charge is 0.225 e. The summed E-state index contributed by atoms with van der Waals surface area (Å²) in [6, 6.07) is 8.52. The fourth-order valence-corrected chi connectivity index (χ4v) is 4.37. The number of guanidine groups is 1. The number of aryl methyl sites for hydroxylation is 1. The minimum Gasteiger partial charge on any atom is -0.497 e. The first-order chi connectivity index (χ1) is 14.2. The van der Waals surface area contributed by atoms with Gasteiger partial charge in [0.2, 0.25) is 5.91 Å². The lowest BCUT2D eigenvalue weighted by Crippen LogP contribution is -2.45. The highest BCUT2D eigenvalue weighted by Gasteiger charge is 2.31. The summed E-state index contributed by atoms with van der Waals surface area (Å²) in [5.74, 6) is 2.36. The molecule has 3 rings (SSSR count). The van der Waals surface area contributed by atoms with E-state index in [1.165, 1.54) is 24.8 Å². The van der Waals surface area contributed by atoms with E-state index in [2.05, 4.69) is 32.7 Å². The SMILES string of the molecule is CN=C(NCCCc1ccc(OC)cc1)NC1CCN(C(=O)C2CCCCC2)C1.I. The van der Waals surface area contributed by atoms with E-state index in [4.69, 9.17) is 4.74 Å². The molecule has 0 aromatic heterocycles. The van der Waals surface area contributed by atoms with Crippen LogP contribution in [0.25, 0.3) is 0 Å². The van der Waals surface area contributed by atoms with E-state index in [1.54, 1.807) is 14.2 Å². The third-order valence-electron chi connectivity index (χ3n) is 6.11. The summed E-state index contributed by atoms with van der Waals surface area (Å²) < 4.78 is 5.20. The fraction of sp³-hybridized carbons (Fsp3) is 0.652. The largest absolute Gasteiger partial charge is 0.497 e. The number of benzene rings is 1. The molecule has 1 saturated carbocycles. The Balaban J connectivity index is 0.00000320. The Labute approximate surface area is 198 Å². The highest BCUT2D eigenvalue weighted by molar-refractivity contribution is 14.0. The summed E-state index contributed by atoms with van der Waals surface area (Å²) in [5, 5.41) is 6.90. The summed E-state index contributed by atoms with van der Waals surface area (Å²) in [7, 11) is 3.49. The van der Waals surface area contributed by atoms with Gasteiger partial charge < -0.3 is 20.3 Å². The van der Waals surface area contributed by atoms with Crippen molar-refractivity contribution >= 4 is 35.8 Å². The Morgan fingerprint density at radius 2 is 1.90 bits per heavy atom. The third kappa shape index (κ3) is 7.32. The highest BCUT2D eigenvalue weighted by Crippen LogP contribution is 2.26. The lowest BCUT2D eigenvalue weighted by atomic mass is 9.88. The van der Waals surface area contributed by atoms with Gasteiger partial charge in [-0.25, -0.2) is 0 Å². The lowest BCUT2D eigenvalue weighted by Gasteiger charge is -2.26. The predicted molar refractivity (Wildman–Crippen MR) is 133 cm³/mol. The number of hydrogen-bond acceptors (Lipinski definition) is 3. The zero-order valence-corrected chi connectivity index (χ0v) is 20.7. The van der Waals surface area contributed by atoms with E-state index in [0.29, 0.717) is 5.91 Å². The van der Waals surface area contributed by atoms with Crippen molar-refractivity contribution in [3.63, 3.8) is 0 Å². The van der Waals surface area contributed by atoms with Crippen LogP contribution in [0.3, 0.4) is 0 Å². The molecule has 6 nitrogen and oxygen atoms in total. The zero-order chi connectivity index (χ0) is 20.5. The number of nitrogens with zero attached hydrogens (tertiary/aromatic N) is 2. The second-order valence-corrected chi connectivity index (χ2v) is 8.20. The monoisotopic (exact) mass is 528 g/mol. The van der Waals surface area contributed by atoms with Crippen molar-refractivity contribution in [2.24, 2.45) is 10.9 Å². The summed E-state index contributed by atoms with van der Waals surface area (Å²) in [5.41, 5.74) is 1.31. The maximum Gasteiger partial charge on any atom is 0.225 e. The molecular weight excluding hydrogens is 491 g/mol. The lowest BCUT2D eigenvalue weighted by molar-refractivity contribution is -0.135. The van der Waals surface area contributed by atoms with E-state index in [-0.39, 0.29) is 35.9 Å². The molecule has 1 saturated heterocycles. The van der Waals surface area contributed by atoms with Crippen LogP contribution < -0.4 is 15.4 Å². The van der Waals surface area contributed by atoms with Gasteiger partial charge in [0.05, 0.1) is 7.11 Å². The average Bonchev–Trinajstić information content (AvgIpc) is 3.24. The molecule has 1 aliphatic heterocycles. The zero-order valence-electron chi connectivity index (χ0n) is 18.4. The number of aliphatic imine (C=N–C) groups is 1. The van der Waals surface area contributed by atoms with Crippen molar-refractivity contribution < 1.29 is 9.53 Å².